The summed E-state index contributed by atoms with van der Waals surface area (Å²) in [5.41, 5.74) is 2.82. The number of ether oxygens (including phenoxy) is 1. The van der Waals surface area contributed by atoms with Crippen molar-refractivity contribution >= 4 is 28.8 Å². The second kappa shape index (κ2) is 10.3. The summed E-state index contributed by atoms with van der Waals surface area (Å²) in [5.74, 6) is 0.371. The third-order valence-electron chi connectivity index (χ3n) is 6.87. The molecule has 0 unspecified atom stereocenters. The number of carbonyl (C=O) groups is 1. The van der Waals surface area contributed by atoms with Crippen molar-refractivity contribution in [2.75, 3.05) is 12.4 Å². The monoisotopic (exact) mass is 515 g/mol. The molecule has 1 saturated carbocycles. The van der Waals surface area contributed by atoms with Crippen LogP contribution in [0.3, 0.4) is 0 Å². The fourth-order valence-corrected chi connectivity index (χ4v) is 4.94. The molecule has 3 aromatic heterocycles. The molecule has 1 fully saturated rings. The van der Waals surface area contributed by atoms with Crippen LogP contribution in [0.1, 0.15) is 30.9 Å². The molecule has 5 rings (SSSR count). The van der Waals surface area contributed by atoms with Gasteiger partial charge in [0.25, 0.3) is 0 Å². The molecule has 0 spiro atoms. The Bertz CT molecular complexity index is 1600. The van der Waals surface area contributed by atoms with Crippen molar-refractivity contribution in [2.45, 2.75) is 37.8 Å². The highest BCUT2D eigenvalue weighted by atomic mass is 19.1. The van der Waals surface area contributed by atoms with Crippen LogP contribution in [-0.4, -0.2) is 38.3 Å². The molecule has 11 heteroatoms. The number of benzene rings is 1. The second-order valence-electron chi connectivity index (χ2n) is 9.25. The van der Waals surface area contributed by atoms with Gasteiger partial charge in [-0.3, -0.25) is 9.13 Å². The number of nitrogens with one attached hydrogen (secondary N) is 2. The SMILES string of the molecule is COC(=O)N[C@@H]1CC[C@@H](n2c(=O)n(C)c3cnc(Nc4ccc(F)c(-c5ccc(CC#N)cc5)n4)cc32)C1. The summed E-state index contributed by atoms with van der Waals surface area (Å²) in [4.78, 5) is 33.6. The van der Waals surface area contributed by atoms with E-state index < -0.39 is 11.9 Å². The Morgan fingerprint density at radius 3 is 2.71 bits per heavy atom. The molecule has 4 aromatic rings. The van der Waals surface area contributed by atoms with Crippen molar-refractivity contribution in [2.24, 2.45) is 7.05 Å². The van der Waals surface area contributed by atoms with E-state index in [1.807, 2.05) is 0 Å². The van der Waals surface area contributed by atoms with Gasteiger partial charge in [0, 0.05) is 30.8 Å². The van der Waals surface area contributed by atoms with E-state index in [0.29, 0.717) is 34.7 Å². The maximum absolute atomic E-state index is 14.6. The van der Waals surface area contributed by atoms with Gasteiger partial charge in [-0.15, -0.1) is 0 Å². The van der Waals surface area contributed by atoms with Gasteiger partial charge in [0.15, 0.2) is 0 Å². The summed E-state index contributed by atoms with van der Waals surface area (Å²) < 4.78 is 22.6. The number of halogens is 1. The number of aromatic nitrogens is 4. The molecule has 0 radical (unpaired) electrons. The third kappa shape index (κ3) is 4.80. The number of pyridine rings is 2. The number of nitriles is 1. The fourth-order valence-electron chi connectivity index (χ4n) is 4.94. The van der Waals surface area contributed by atoms with Gasteiger partial charge < -0.3 is 15.4 Å². The number of methoxy groups -OCH3 is 1. The molecule has 38 heavy (non-hydrogen) atoms. The predicted octanol–water partition coefficient (Wildman–Crippen LogP) is 4.20. The highest BCUT2D eigenvalue weighted by molar-refractivity contribution is 5.79. The molecule has 194 valence electrons. The lowest BCUT2D eigenvalue weighted by molar-refractivity contribution is 0.166. The van der Waals surface area contributed by atoms with Crippen LogP contribution >= 0.6 is 0 Å². The smallest absolute Gasteiger partial charge is 0.407 e. The lowest BCUT2D eigenvalue weighted by Gasteiger charge is -2.14. The Hall–Kier alpha value is -4.72. The van der Waals surface area contributed by atoms with Crippen LogP contribution in [0.15, 0.2) is 53.5 Å². The lowest BCUT2D eigenvalue weighted by Crippen LogP contribution is -2.33. The number of hydrogen-bond acceptors (Lipinski definition) is 7. The molecule has 3 heterocycles. The van der Waals surface area contributed by atoms with Crippen LogP contribution in [-0.2, 0) is 18.2 Å². The molecule has 0 saturated heterocycles. The Morgan fingerprint density at radius 2 is 1.97 bits per heavy atom. The van der Waals surface area contributed by atoms with Gasteiger partial charge in [-0.1, -0.05) is 24.3 Å². The highest BCUT2D eigenvalue weighted by Gasteiger charge is 2.30. The zero-order valence-electron chi connectivity index (χ0n) is 20.9. The van der Waals surface area contributed by atoms with E-state index in [2.05, 4.69) is 26.7 Å². The molecule has 0 aliphatic heterocycles. The summed E-state index contributed by atoms with van der Waals surface area (Å²) in [6.45, 7) is 0. The van der Waals surface area contributed by atoms with Crippen LogP contribution in [0.5, 0.6) is 0 Å². The molecular formula is C27H26FN7O3. The summed E-state index contributed by atoms with van der Waals surface area (Å²) in [5, 5.41) is 14.8. The average molecular weight is 516 g/mol. The van der Waals surface area contributed by atoms with Gasteiger partial charge in [-0.2, -0.15) is 5.26 Å². The van der Waals surface area contributed by atoms with E-state index in [9.17, 15) is 14.0 Å². The minimum Gasteiger partial charge on any atom is -0.453 e. The number of carbonyl (C=O) groups excluding carboxylic acids is 1. The molecule has 0 bridgehead atoms. The molecule has 1 amide bonds. The number of aryl methyl sites for hydroxylation is 1. The topological polar surface area (TPSA) is 127 Å². The summed E-state index contributed by atoms with van der Waals surface area (Å²) in [6.07, 6.45) is 3.48. The Balaban J connectivity index is 1.43. The number of nitrogens with zero attached hydrogens (tertiary/aromatic N) is 5. The number of imidazole rings is 1. The zero-order valence-corrected chi connectivity index (χ0v) is 20.9. The summed E-state index contributed by atoms with van der Waals surface area (Å²) in [7, 11) is 3.02. The fraction of sp³-hybridized carbons (Fsp3) is 0.296. The van der Waals surface area contributed by atoms with E-state index in [1.54, 1.807) is 52.7 Å². The maximum Gasteiger partial charge on any atom is 0.407 e. The number of hydrogen-bond donors (Lipinski definition) is 2. The van der Waals surface area contributed by atoms with Gasteiger partial charge in [0.05, 0.1) is 36.8 Å². The third-order valence-corrected chi connectivity index (χ3v) is 6.87. The van der Waals surface area contributed by atoms with Gasteiger partial charge in [-0.25, -0.2) is 23.9 Å². The summed E-state index contributed by atoms with van der Waals surface area (Å²) >= 11 is 0. The first-order chi connectivity index (χ1) is 18.4. The largest absolute Gasteiger partial charge is 0.453 e. The molecule has 2 N–H and O–H groups in total. The first kappa shape index (κ1) is 25.0. The number of anilines is 2. The van der Waals surface area contributed by atoms with Crippen molar-refractivity contribution < 1.29 is 13.9 Å². The Labute approximate surface area is 217 Å². The van der Waals surface area contributed by atoms with Crippen molar-refractivity contribution in [3.8, 4) is 17.3 Å². The minimum absolute atomic E-state index is 0.0788. The Morgan fingerprint density at radius 1 is 1.18 bits per heavy atom. The van der Waals surface area contributed by atoms with Crippen molar-refractivity contribution in [1.29, 1.82) is 5.26 Å². The number of amides is 1. The van der Waals surface area contributed by atoms with E-state index >= 15 is 0 Å². The van der Waals surface area contributed by atoms with Crippen LogP contribution in [0, 0.1) is 17.1 Å². The molecule has 2 atom stereocenters. The van der Waals surface area contributed by atoms with Crippen LogP contribution in [0.2, 0.25) is 0 Å². The van der Waals surface area contributed by atoms with Crippen molar-refractivity contribution in [3.63, 3.8) is 0 Å². The quantitative estimate of drug-likeness (QED) is 0.394. The van der Waals surface area contributed by atoms with Crippen LogP contribution in [0.25, 0.3) is 22.3 Å². The predicted molar refractivity (Wildman–Crippen MR) is 139 cm³/mol. The van der Waals surface area contributed by atoms with Crippen molar-refractivity contribution in [1.82, 2.24) is 24.4 Å². The standard InChI is InChI=1S/C27H26FN7O3/c1-34-22-15-30-24(14-21(22)35(27(34)37)19-8-7-18(13-19)31-26(36)38-2)32-23-10-9-20(28)25(33-23)17-5-3-16(4-6-17)11-12-29/h3-6,9-10,14-15,18-19H,7-8,11,13H2,1-2H3,(H,31,36)(H,30,32,33)/t18-,19-/m1/s1. The van der Waals surface area contributed by atoms with Gasteiger partial charge in [-0.05, 0) is 37.0 Å². The number of fused-ring (bicyclic) bond motifs is 1. The Kier molecular flexibility index (Phi) is 6.79. The first-order valence-electron chi connectivity index (χ1n) is 12.2. The zero-order chi connectivity index (χ0) is 26.8. The van der Waals surface area contributed by atoms with Gasteiger partial charge in [0.1, 0.15) is 23.1 Å². The molecule has 1 aliphatic rings. The normalized spacial score (nSPS) is 16.8. The van der Waals surface area contributed by atoms with E-state index in [0.717, 1.165) is 18.4 Å². The molecular weight excluding hydrogens is 489 g/mol. The molecule has 1 aromatic carbocycles. The second-order valence-corrected chi connectivity index (χ2v) is 9.25. The van der Waals surface area contributed by atoms with Gasteiger partial charge in [0.2, 0.25) is 0 Å². The van der Waals surface area contributed by atoms with E-state index in [4.69, 9.17) is 10.00 Å². The van der Waals surface area contributed by atoms with Gasteiger partial charge >= 0.3 is 11.8 Å². The first-order valence-corrected chi connectivity index (χ1v) is 12.2. The maximum atomic E-state index is 14.6. The van der Waals surface area contributed by atoms with Crippen LogP contribution in [0.4, 0.5) is 20.8 Å². The number of alkyl carbamates (subject to hydrolysis) is 1. The average Bonchev–Trinajstić information content (AvgIpc) is 3.47. The van der Waals surface area contributed by atoms with E-state index in [-0.39, 0.29) is 29.9 Å². The molecule has 1 aliphatic carbocycles. The van der Waals surface area contributed by atoms with Crippen LogP contribution < -0.4 is 16.3 Å². The number of rotatable bonds is 6. The minimum atomic E-state index is -0.485. The van der Waals surface area contributed by atoms with E-state index in [1.165, 1.54) is 19.2 Å². The highest BCUT2D eigenvalue weighted by Crippen LogP contribution is 2.32. The van der Waals surface area contributed by atoms with Crippen molar-refractivity contribution in [3.05, 3.63) is 70.5 Å². The summed E-state index contributed by atoms with van der Waals surface area (Å²) in [6, 6.07) is 13.6. The molecule has 10 nitrogen and oxygen atoms in total. The lowest BCUT2D eigenvalue weighted by atomic mass is 10.1.